The van der Waals surface area contributed by atoms with Crippen LogP contribution in [0.2, 0.25) is 0 Å². The molecule has 0 amide bonds. The highest BCUT2D eigenvalue weighted by Gasteiger charge is 2.48. The van der Waals surface area contributed by atoms with Gasteiger partial charge in [0.25, 0.3) is 0 Å². The first-order chi connectivity index (χ1) is 11.2. The van der Waals surface area contributed by atoms with E-state index in [0.717, 1.165) is 12.8 Å². The lowest BCUT2D eigenvalue weighted by Crippen LogP contribution is -2.34. The van der Waals surface area contributed by atoms with E-state index < -0.39 is 0 Å². The lowest BCUT2D eigenvalue weighted by molar-refractivity contribution is 0.0660. The van der Waals surface area contributed by atoms with Crippen LogP contribution in [0, 0.1) is 23.7 Å². The first kappa shape index (κ1) is 16.5. The van der Waals surface area contributed by atoms with Crippen molar-refractivity contribution in [2.45, 2.75) is 38.2 Å². The zero-order chi connectivity index (χ0) is 16.2. The SMILES string of the molecule is CC1C[C@H](c2ccccc2)C[C@@H]2C(O)C[C@H](/C=N/OCCN)[C@@H]12. The summed E-state index contributed by atoms with van der Waals surface area (Å²) in [7, 11) is 0. The summed E-state index contributed by atoms with van der Waals surface area (Å²) >= 11 is 0. The van der Waals surface area contributed by atoms with E-state index in [-0.39, 0.29) is 6.10 Å². The van der Waals surface area contributed by atoms with Crippen LogP contribution < -0.4 is 5.73 Å². The van der Waals surface area contributed by atoms with Crippen LogP contribution in [0.5, 0.6) is 0 Å². The summed E-state index contributed by atoms with van der Waals surface area (Å²) in [5.41, 5.74) is 6.82. The number of nitrogens with zero attached hydrogens (tertiary/aromatic N) is 1. The Bertz CT molecular complexity index is 519. The third-order valence-corrected chi connectivity index (χ3v) is 5.67. The van der Waals surface area contributed by atoms with Gasteiger partial charge < -0.3 is 15.7 Å². The molecule has 0 spiro atoms. The average Bonchev–Trinajstić information content (AvgIpc) is 2.89. The summed E-state index contributed by atoms with van der Waals surface area (Å²) in [4.78, 5) is 5.15. The van der Waals surface area contributed by atoms with Crippen LogP contribution in [0.1, 0.15) is 37.7 Å². The molecule has 6 atom stereocenters. The highest BCUT2D eigenvalue weighted by atomic mass is 16.6. The highest BCUT2D eigenvalue weighted by Crippen LogP contribution is 2.52. The number of aliphatic hydroxyl groups is 1. The zero-order valence-corrected chi connectivity index (χ0v) is 13.8. The Morgan fingerprint density at radius 1 is 1.26 bits per heavy atom. The van der Waals surface area contributed by atoms with Crippen molar-refractivity contribution in [3.63, 3.8) is 0 Å². The number of oxime groups is 1. The van der Waals surface area contributed by atoms with Crippen LogP contribution in [-0.2, 0) is 4.84 Å². The summed E-state index contributed by atoms with van der Waals surface area (Å²) in [6.45, 7) is 3.25. The van der Waals surface area contributed by atoms with Gasteiger partial charge in [0, 0.05) is 18.7 Å². The second-order valence-corrected chi connectivity index (χ2v) is 7.14. The van der Waals surface area contributed by atoms with Crippen molar-refractivity contribution < 1.29 is 9.94 Å². The number of hydrogen-bond donors (Lipinski definition) is 2. The molecule has 3 N–H and O–H groups in total. The van der Waals surface area contributed by atoms with Gasteiger partial charge in [0.2, 0.25) is 0 Å². The number of fused-ring (bicyclic) bond motifs is 1. The standard InChI is InChI=1S/C19H28N2O2/c1-13-9-15(14-5-3-2-4-6-14)10-17-18(22)11-16(19(13)17)12-21-23-8-7-20/h2-6,12-13,15-19,22H,7-11,20H2,1H3/b21-12+/t13?,15-,16+,17+,18?,19+/m0/s1. The molecule has 0 aliphatic heterocycles. The van der Waals surface area contributed by atoms with Gasteiger partial charge in [-0.3, -0.25) is 0 Å². The van der Waals surface area contributed by atoms with E-state index in [4.69, 9.17) is 10.6 Å². The van der Waals surface area contributed by atoms with Crippen molar-refractivity contribution in [3.8, 4) is 0 Å². The molecular weight excluding hydrogens is 288 g/mol. The molecule has 0 heterocycles. The third-order valence-electron chi connectivity index (χ3n) is 5.67. The van der Waals surface area contributed by atoms with E-state index in [2.05, 4.69) is 42.4 Å². The number of nitrogens with two attached hydrogens (primary N) is 1. The van der Waals surface area contributed by atoms with Crippen LogP contribution in [0.4, 0.5) is 0 Å². The zero-order valence-electron chi connectivity index (χ0n) is 13.8. The molecule has 2 aliphatic rings. The van der Waals surface area contributed by atoms with Crippen LogP contribution in [0.15, 0.2) is 35.5 Å². The van der Waals surface area contributed by atoms with Gasteiger partial charge in [-0.25, -0.2) is 0 Å². The van der Waals surface area contributed by atoms with Gasteiger partial charge in [0.05, 0.1) is 6.10 Å². The van der Waals surface area contributed by atoms with Gasteiger partial charge in [0.15, 0.2) is 0 Å². The van der Waals surface area contributed by atoms with Gasteiger partial charge in [-0.05, 0) is 48.5 Å². The molecule has 4 nitrogen and oxygen atoms in total. The lowest BCUT2D eigenvalue weighted by Gasteiger charge is -2.39. The molecule has 0 bridgehead atoms. The van der Waals surface area contributed by atoms with Gasteiger partial charge in [0.1, 0.15) is 6.61 Å². The molecule has 126 valence electrons. The Kier molecular flexibility index (Phi) is 5.34. The summed E-state index contributed by atoms with van der Waals surface area (Å²) in [6, 6.07) is 10.7. The minimum atomic E-state index is -0.222. The largest absolute Gasteiger partial charge is 0.395 e. The maximum Gasteiger partial charge on any atom is 0.129 e. The molecule has 3 rings (SSSR count). The summed E-state index contributed by atoms with van der Waals surface area (Å²) in [6.07, 6.45) is 4.75. The number of aliphatic hydroxyl groups excluding tert-OH is 1. The summed E-state index contributed by atoms with van der Waals surface area (Å²) in [5, 5.41) is 14.6. The van der Waals surface area contributed by atoms with Crippen molar-refractivity contribution in [3.05, 3.63) is 35.9 Å². The summed E-state index contributed by atoms with van der Waals surface area (Å²) in [5.74, 6) is 2.35. The molecule has 2 aliphatic carbocycles. The molecular formula is C19H28N2O2. The molecule has 0 saturated heterocycles. The van der Waals surface area contributed by atoms with Crippen molar-refractivity contribution in [1.82, 2.24) is 0 Å². The van der Waals surface area contributed by atoms with Crippen LogP contribution in [-0.4, -0.2) is 30.6 Å². The minimum absolute atomic E-state index is 0.222. The first-order valence-electron chi connectivity index (χ1n) is 8.79. The monoisotopic (exact) mass is 316 g/mol. The van der Waals surface area contributed by atoms with Crippen molar-refractivity contribution in [1.29, 1.82) is 0 Å². The van der Waals surface area contributed by atoms with Crippen molar-refractivity contribution in [2.24, 2.45) is 34.6 Å². The van der Waals surface area contributed by atoms with Crippen molar-refractivity contribution >= 4 is 6.21 Å². The maximum absolute atomic E-state index is 10.6. The van der Waals surface area contributed by atoms with E-state index in [9.17, 15) is 5.11 Å². The number of rotatable bonds is 5. The average molecular weight is 316 g/mol. The molecule has 0 radical (unpaired) electrons. The van der Waals surface area contributed by atoms with Crippen LogP contribution >= 0.6 is 0 Å². The predicted molar refractivity (Wildman–Crippen MR) is 92.2 cm³/mol. The molecule has 0 aromatic heterocycles. The predicted octanol–water partition coefficient (Wildman–Crippen LogP) is 2.77. The van der Waals surface area contributed by atoms with E-state index >= 15 is 0 Å². The normalized spacial score (nSPS) is 37.0. The number of benzene rings is 1. The topological polar surface area (TPSA) is 67.8 Å². The van der Waals surface area contributed by atoms with E-state index in [1.807, 2.05) is 6.21 Å². The fourth-order valence-corrected chi connectivity index (χ4v) is 4.76. The molecule has 23 heavy (non-hydrogen) atoms. The Balaban J connectivity index is 1.69. The van der Waals surface area contributed by atoms with Crippen molar-refractivity contribution in [2.75, 3.05) is 13.2 Å². The fourth-order valence-electron chi connectivity index (χ4n) is 4.76. The molecule has 2 unspecified atom stereocenters. The quantitative estimate of drug-likeness (QED) is 0.498. The Labute approximate surface area is 138 Å². The Hall–Kier alpha value is -1.39. The molecule has 1 aromatic carbocycles. The van der Waals surface area contributed by atoms with E-state index in [1.165, 1.54) is 12.0 Å². The minimum Gasteiger partial charge on any atom is -0.395 e. The van der Waals surface area contributed by atoms with E-state index in [1.54, 1.807) is 0 Å². The van der Waals surface area contributed by atoms with Gasteiger partial charge in [-0.1, -0.05) is 42.4 Å². The van der Waals surface area contributed by atoms with Crippen LogP contribution in [0.3, 0.4) is 0 Å². The van der Waals surface area contributed by atoms with Gasteiger partial charge in [-0.2, -0.15) is 0 Å². The molecule has 2 fully saturated rings. The molecule has 2 saturated carbocycles. The summed E-state index contributed by atoms with van der Waals surface area (Å²) < 4.78 is 0. The Morgan fingerprint density at radius 3 is 2.78 bits per heavy atom. The second-order valence-electron chi connectivity index (χ2n) is 7.14. The third kappa shape index (κ3) is 3.59. The molecule has 1 aromatic rings. The number of hydrogen-bond acceptors (Lipinski definition) is 4. The van der Waals surface area contributed by atoms with Crippen LogP contribution in [0.25, 0.3) is 0 Å². The fraction of sp³-hybridized carbons (Fsp3) is 0.632. The van der Waals surface area contributed by atoms with E-state index in [0.29, 0.717) is 42.7 Å². The van der Waals surface area contributed by atoms with Gasteiger partial charge >= 0.3 is 0 Å². The highest BCUT2D eigenvalue weighted by molar-refractivity contribution is 5.61. The smallest absolute Gasteiger partial charge is 0.129 e. The Morgan fingerprint density at radius 2 is 2.04 bits per heavy atom. The molecule has 4 heteroatoms. The maximum atomic E-state index is 10.6. The lowest BCUT2D eigenvalue weighted by atomic mass is 9.66. The van der Waals surface area contributed by atoms with Gasteiger partial charge in [-0.15, -0.1) is 0 Å². The second kappa shape index (κ2) is 7.45. The first-order valence-corrected chi connectivity index (χ1v) is 8.79.